The third-order valence-corrected chi connectivity index (χ3v) is 12.3. The van der Waals surface area contributed by atoms with Gasteiger partial charge in [-0.1, -0.05) is 24.1 Å². The number of rotatable bonds is 7. The Morgan fingerprint density at radius 3 is 2.70 bits per heavy atom. The monoisotopic (exact) mass is 630 g/mol. The number of primary sulfonamides is 1. The number of ether oxygens (including phenoxy) is 3. The number of carbonyl (C=O) groups is 1. The lowest BCUT2D eigenvalue weighted by Crippen LogP contribution is -2.51. The lowest BCUT2D eigenvalue weighted by atomic mass is 9.65. The van der Waals surface area contributed by atoms with Gasteiger partial charge in [0.15, 0.2) is 0 Å². The van der Waals surface area contributed by atoms with Crippen LogP contribution in [0.15, 0.2) is 36.4 Å². The molecular weight excluding hydrogens is 588 g/mol. The van der Waals surface area contributed by atoms with Crippen LogP contribution in [0, 0.1) is 17.8 Å². The minimum atomic E-state index is -3.57. The lowest BCUT2D eigenvalue weighted by Gasteiger charge is -2.48. The van der Waals surface area contributed by atoms with Crippen LogP contribution in [-0.2, 0) is 31.3 Å². The van der Waals surface area contributed by atoms with E-state index in [0.29, 0.717) is 36.8 Å². The molecule has 0 amide bonds. The molecule has 1 spiro atoms. The summed E-state index contributed by atoms with van der Waals surface area (Å²) in [5, 5.41) is 5.84. The first-order valence-corrected chi connectivity index (χ1v) is 17.5. The Morgan fingerprint density at radius 2 is 1.98 bits per heavy atom. The first-order valence-electron chi connectivity index (χ1n) is 15.6. The summed E-state index contributed by atoms with van der Waals surface area (Å²) in [6.45, 7) is 2.10. The summed E-state index contributed by atoms with van der Waals surface area (Å²) in [6, 6.07) is 11.8. The van der Waals surface area contributed by atoms with Gasteiger partial charge in [0.25, 0.3) is 0 Å². The Morgan fingerprint density at radius 1 is 1.14 bits per heavy atom. The predicted octanol–water partition coefficient (Wildman–Crippen LogP) is 5.49. The number of esters is 1. The second kappa shape index (κ2) is 12.2. The van der Waals surface area contributed by atoms with Crippen LogP contribution in [-0.4, -0.2) is 59.7 Å². The van der Waals surface area contributed by atoms with Gasteiger partial charge in [-0.05, 0) is 111 Å². The van der Waals surface area contributed by atoms with Gasteiger partial charge in [0, 0.05) is 30.6 Å². The molecular formula is C33H43ClN2O6S. The first kappa shape index (κ1) is 30.7. The molecule has 2 aromatic rings. The highest BCUT2D eigenvalue weighted by atomic mass is 35.5. The fourth-order valence-corrected chi connectivity index (χ4v) is 9.60. The van der Waals surface area contributed by atoms with Crippen molar-refractivity contribution in [2.24, 2.45) is 22.9 Å². The van der Waals surface area contributed by atoms with E-state index in [1.54, 1.807) is 13.2 Å². The Kier molecular flexibility index (Phi) is 8.72. The summed E-state index contributed by atoms with van der Waals surface area (Å²) in [4.78, 5) is 15.0. The van der Waals surface area contributed by atoms with Gasteiger partial charge < -0.3 is 19.1 Å². The zero-order chi connectivity index (χ0) is 30.4. The molecule has 6 atom stereocenters. The molecule has 0 saturated heterocycles. The van der Waals surface area contributed by atoms with Crippen molar-refractivity contribution in [2.75, 3.05) is 38.8 Å². The molecule has 2 N–H and O–H groups in total. The van der Waals surface area contributed by atoms with Crippen LogP contribution >= 0.6 is 11.6 Å². The van der Waals surface area contributed by atoms with E-state index in [2.05, 4.69) is 17.0 Å². The summed E-state index contributed by atoms with van der Waals surface area (Å²) >= 11 is 6.41. The SMILES string of the molecule is COC(=O)c1ccc2c(c1)N(C[C@@H]1CC[C@H]1[C@H](OC)[C@H]1CCC[C@H](S(N)(=O)=O)C1)C[C@@]1(CCCc3cc(Cl)ccc31)CO2. The summed E-state index contributed by atoms with van der Waals surface area (Å²) in [5.74, 6) is 1.24. The van der Waals surface area contributed by atoms with Gasteiger partial charge >= 0.3 is 5.97 Å². The van der Waals surface area contributed by atoms with Crippen molar-refractivity contribution in [1.29, 1.82) is 0 Å². The molecule has 1 heterocycles. The minimum absolute atomic E-state index is 0.0149. The van der Waals surface area contributed by atoms with Gasteiger partial charge in [-0.15, -0.1) is 0 Å². The molecule has 6 rings (SSSR count). The lowest BCUT2D eigenvalue weighted by molar-refractivity contribution is -0.0588. The molecule has 3 aliphatic carbocycles. The summed E-state index contributed by atoms with van der Waals surface area (Å²) < 4.78 is 42.2. The fraction of sp³-hybridized carbons (Fsp3) is 0.606. The van der Waals surface area contributed by atoms with E-state index in [1.165, 1.54) is 18.2 Å². The Hall–Kier alpha value is -2.33. The Labute approximate surface area is 260 Å². The van der Waals surface area contributed by atoms with Gasteiger partial charge in [-0.2, -0.15) is 0 Å². The quantitative estimate of drug-likeness (QED) is 0.403. The first-order chi connectivity index (χ1) is 20.6. The second-order valence-corrected chi connectivity index (χ2v) is 15.4. The molecule has 1 aliphatic heterocycles. The van der Waals surface area contributed by atoms with Gasteiger partial charge in [0.1, 0.15) is 5.75 Å². The summed E-state index contributed by atoms with van der Waals surface area (Å²) in [7, 11) is -0.408. The van der Waals surface area contributed by atoms with E-state index < -0.39 is 15.3 Å². The van der Waals surface area contributed by atoms with Crippen molar-refractivity contribution >= 4 is 33.3 Å². The molecule has 10 heteroatoms. The Bertz CT molecular complexity index is 1470. The molecule has 8 nitrogen and oxygen atoms in total. The zero-order valence-corrected chi connectivity index (χ0v) is 26.7. The Balaban J connectivity index is 1.31. The van der Waals surface area contributed by atoms with Crippen molar-refractivity contribution in [3.05, 3.63) is 58.1 Å². The van der Waals surface area contributed by atoms with Crippen LogP contribution < -0.4 is 14.8 Å². The highest BCUT2D eigenvalue weighted by Gasteiger charge is 2.46. The van der Waals surface area contributed by atoms with Gasteiger partial charge in [-0.25, -0.2) is 18.4 Å². The largest absolute Gasteiger partial charge is 0.490 e. The molecule has 4 aliphatic rings. The molecule has 0 unspecified atom stereocenters. The van der Waals surface area contributed by atoms with Crippen LogP contribution in [0.2, 0.25) is 5.02 Å². The number of halogens is 1. The van der Waals surface area contributed by atoms with Crippen molar-refractivity contribution in [1.82, 2.24) is 0 Å². The van der Waals surface area contributed by atoms with E-state index in [0.717, 1.165) is 74.5 Å². The van der Waals surface area contributed by atoms with E-state index in [-0.39, 0.29) is 23.4 Å². The number of hydrogen-bond acceptors (Lipinski definition) is 7. The number of aryl methyl sites for hydroxylation is 1. The molecule has 2 saturated carbocycles. The van der Waals surface area contributed by atoms with Crippen LogP contribution in [0.3, 0.4) is 0 Å². The second-order valence-electron chi connectivity index (χ2n) is 13.1. The minimum Gasteiger partial charge on any atom is -0.490 e. The molecule has 234 valence electrons. The van der Waals surface area contributed by atoms with Crippen molar-refractivity contribution in [3.63, 3.8) is 0 Å². The van der Waals surface area contributed by atoms with Crippen LogP contribution in [0.25, 0.3) is 0 Å². The van der Waals surface area contributed by atoms with Crippen LogP contribution in [0.4, 0.5) is 5.69 Å². The highest BCUT2D eigenvalue weighted by molar-refractivity contribution is 7.89. The standard InChI is InChI=1S/C33H43ClN2O6S/c1-40-31(22-5-3-7-26(16-22)43(35,38)39)27-11-8-24(27)18-36-19-33(14-4-6-21-15-25(34)10-12-28(21)33)20-42-30-13-9-23(17-29(30)36)32(37)41-2/h9-10,12-13,15,17,22,24,26-27,31H,3-8,11,14,16,18-20H2,1-2H3,(H2,35,38,39)/t22-,24-,26-,27+,31+,33-/m0/s1. The highest BCUT2D eigenvalue weighted by Crippen LogP contribution is 2.48. The molecule has 0 aromatic heterocycles. The average molecular weight is 631 g/mol. The number of sulfonamides is 1. The maximum absolute atomic E-state index is 12.6. The summed E-state index contributed by atoms with van der Waals surface area (Å²) in [5.41, 5.74) is 3.77. The normalized spacial score (nSPS) is 29.4. The number of methoxy groups -OCH3 is 2. The van der Waals surface area contributed by atoms with E-state index in [4.69, 9.17) is 31.0 Å². The van der Waals surface area contributed by atoms with E-state index in [9.17, 15) is 13.2 Å². The number of nitrogens with zero attached hydrogens (tertiary/aromatic N) is 1. The number of anilines is 1. The molecule has 0 radical (unpaired) electrons. The van der Waals surface area contributed by atoms with E-state index in [1.807, 2.05) is 18.2 Å². The maximum Gasteiger partial charge on any atom is 0.337 e. The van der Waals surface area contributed by atoms with Crippen LogP contribution in [0.1, 0.15) is 72.9 Å². The third kappa shape index (κ3) is 6.02. The topological polar surface area (TPSA) is 108 Å². The summed E-state index contributed by atoms with van der Waals surface area (Å²) in [6.07, 6.45) is 8.15. The number of carbonyl (C=O) groups excluding carboxylic acids is 1. The molecule has 2 fully saturated rings. The number of nitrogens with two attached hydrogens (primary N) is 1. The predicted molar refractivity (Wildman–Crippen MR) is 167 cm³/mol. The van der Waals surface area contributed by atoms with E-state index >= 15 is 0 Å². The van der Waals surface area contributed by atoms with Gasteiger partial charge in [0.05, 0.1) is 36.3 Å². The fourth-order valence-electron chi connectivity index (χ4n) is 8.39. The van der Waals surface area contributed by atoms with Crippen molar-refractivity contribution < 1.29 is 27.4 Å². The molecule has 43 heavy (non-hydrogen) atoms. The number of benzene rings is 2. The van der Waals surface area contributed by atoms with Crippen LogP contribution in [0.5, 0.6) is 5.75 Å². The van der Waals surface area contributed by atoms with Crippen molar-refractivity contribution in [2.45, 2.75) is 74.6 Å². The average Bonchev–Trinajstić information content (AvgIpc) is 3.14. The molecule has 0 bridgehead atoms. The van der Waals surface area contributed by atoms with Gasteiger partial charge in [0.2, 0.25) is 10.0 Å². The smallest absolute Gasteiger partial charge is 0.337 e. The van der Waals surface area contributed by atoms with Crippen molar-refractivity contribution in [3.8, 4) is 5.75 Å². The molecule has 2 aromatic carbocycles. The zero-order valence-electron chi connectivity index (χ0n) is 25.1. The number of hydrogen-bond donors (Lipinski definition) is 1. The van der Waals surface area contributed by atoms with Gasteiger partial charge in [-0.3, -0.25) is 0 Å². The number of fused-ring (bicyclic) bond motifs is 3. The third-order valence-electron chi connectivity index (χ3n) is 10.7. The maximum atomic E-state index is 12.6.